The lowest BCUT2D eigenvalue weighted by Crippen LogP contribution is -2.27. The Kier molecular flexibility index (Phi) is 5.71. The highest BCUT2D eigenvalue weighted by atomic mass is 35.5. The van der Waals surface area contributed by atoms with Crippen molar-refractivity contribution in [1.82, 2.24) is 4.90 Å². The van der Waals surface area contributed by atoms with E-state index in [-0.39, 0.29) is 28.8 Å². The van der Waals surface area contributed by atoms with Crippen LogP contribution in [0.5, 0.6) is 0 Å². The van der Waals surface area contributed by atoms with Crippen LogP contribution in [0.25, 0.3) is 0 Å². The van der Waals surface area contributed by atoms with E-state index >= 15 is 0 Å². The van der Waals surface area contributed by atoms with Crippen molar-refractivity contribution in [2.75, 3.05) is 13.1 Å². The van der Waals surface area contributed by atoms with E-state index in [4.69, 9.17) is 16.3 Å². The second kappa shape index (κ2) is 8.18. The number of nitro benzene ring substituents is 1. The molecule has 2 aromatic rings. The summed E-state index contributed by atoms with van der Waals surface area (Å²) in [7, 11) is 0. The SMILES string of the molecule is O=C(OCc1ccc(C(=O)N2CCCC2)cc1)c1cc(Cl)ccc1[N+](=O)[O-]. The summed E-state index contributed by atoms with van der Waals surface area (Å²) in [6, 6.07) is 10.5. The van der Waals surface area contributed by atoms with Gasteiger partial charge in [-0.3, -0.25) is 14.9 Å². The summed E-state index contributed by atoms with van der Waals surface area (Å²) in [4.78, 5) is 36.7. The third-order valence-corrected chi connectivity index (χ3v) is 4.57. The van der Waals surface area contributed by atoms with E-state index in [0.29, 0.717) is 11.1 Å². The molecule has 0 unspecified atom stereocenters. The minimum Gasteiger partial charge on any atom is -0.457 e. The first-order chi connectivity index (χ1) is 13.0. The van der Waals surface area contributed by atoms with E-state index in [2.05, 4.69) is 0 Å². The van der Waals surface area contributed by atoms with Crippen LogP contribution in [0, 0.1) is 10.1 Å². The number of esters is 1. The van der Waals surface area contributed by atoms with Gasteiger partial charge < -0.3 is 9.64 Å². The lowest BCUT2D eigenvalue weighted by Gasteiger charge is -2.15. The molecule has 140 valence electrons. The largest absolute Gasteiger partial charge is 0.457 e. The fourth-order valence-corrected chi connectivity index (χ4v) is 3.08. The summed E-state index contributed by atoms with van der Waals surface area (Å²) in [5, 5.41) is 11.2. The zero-order valence-electron chi connectivity index (χ0n) is 14.4. The summed E-state index contributed by atoms with van der Waals surface area (Å²) in [5.41, 5.74) is 0.688. The average Bonchev–Trinajstić information content (AvgIpc) is 3.20. The third-order valence-electron chi connectivity index (χ3n) is 4.34. The van der Waals surface area contributed by atoms with Crippen molar-refractivity contribution in [3.8, 4) is 0 Å². The van der Waals surface area contributed by atoms with Crippen molar-refractivity contribution < 1.29 is 19.2 Å². The molecule has 0 aliphatic carbocycles. The molecule has 1 heterocycles. The van der Waals surface area contributed by atoms with Gasteiger partial charge in [-0.1, -0.05) is 23.7 Å². The highest BCUT2D eigenvalue weighted by Crippen LogP contribution is 2.24. The Balaban J connectivity index is 1.65. The molecule has 8 heteroatoms. The van der Waals surface area contributed by atoms with Crippen LogP contribution in [0.4, 0.5) is 5.69 Å². The van der Waals surface area contributed by atoms with Crippen molar-refractivity contribution >= 4 is 29.2 Å². The number of carbonyl (C=O) groups excluding carboxylic acids is 2. The number of likely N-dealkylation sites (tertiary alicyclic amines) is 1. The van der Waals surface area contributed by atoms with Gasteiger partial charge in [-0.15, -0.1) is 0 Å². The number of carbonyl (C=O) groups is 2. The molecule has 2 aromatic carbocycles. The Morgan fingerprint density at radius 2 is 1.78 bits per heavy atom. The summed E-state index contributed by atoms with van der Waals surface area (Å²) in [5.74, 6) is -0.841. The number of hydrogen-bond donors (Lipinski definition) is 0. The van der Waals surface area contributed by atoms with Crippen LogP contribution in [-0.2, 0) is 11.3 Å². The van der Waals surface area contributed by atoms with Gasteiger partial charge in [0.2, 0.25) is 0 Å². The second-order valence-electron chi connectivity index (χ2n) is 6.19. The van der Waals surface area contributed by atoms with Crippen LogP contribution >= 0.6 is 11.6 Å². The van der Waals surface area contributed by atoms with Gasteiger partial charge in [0.1, 0.15) is 12.2 Å². The average molecular weight is 389 g/mol. The maximum absolute atomic E-state index is 12.3. The van der Waals surface area contributed by atoms with Gasteiger partial charge in [-0.2, -0.15) is 0 Å². The first-order valence-corrected chi connectivity index (χ1v) is 8.83. The topological polar surface area (TPSA) is 89.8 Å². The number of amides is 1. The number of nitro groups is 1. The van der Waals surface area contributed by atoms with Crippen LogP contribution in [0.2, 0.25) is 5.02 Å². The molecule has 1 aliphatic heterocycles. The third kappa shape index (κ3) is 4.43. The van der Waals surface area contributed by atoms with Crippen LogP contribution in [0.15, 0.2) is 42.5 Å². The highest BCUT2D eigenvalue weighted by molar-refractivity contribution is 6.31. The summed E-state index contributed by atoms with van der Waals surface area (Å²) in [6.45, 7) is 1.48. The van der Waals surface area contributed by atoms with Crippen LogP contribution in [0.3, 0.4) is 0 Å². The van der Waals surface area contributed by atoms with Crippen molar-refractivity contribution in [3.05, 3.63) is 74.3 Å². The molecule has 1 fully saturated rings. The fourth-order valence-electron chi connectivity index (χ4n) is 2.90. The predicted molar refractivity (Wildman–Crippen MR) is 98.8 cm³/mol. The molecule has 1 aliphatic rings. The van der Waals surface area contributed by atoms with Gasteiger partial charge in [-0.25, -0.2) is 4.79 Å². The normalized spacial score (nSPS) is 13.4. The Hall–Kier alpha value is -2.93. The molecule has 0 N–H and O–H groups in total. The number of benzene rings is 2. The van der Waals surface area contributed by atoms with Crippen molar-refractivity contribution in [2.45, 2.75) is 19.4 Å². The van der Waals surface area contributed by atoms with E-state index in [9.17, 15) is 19.7 Å². The maximum atomic E-state index is 12.3. The number of hydrogen-bond acceptors (Lipinski definition) is 5. The van der Waals surface area contributed by atoms with Crippen LogP contribution in [0.1, 0.15) is 39.1 Å². The second-order valence-corrected chi connectivity index (χ2v) is 6.63. The number of rotatable bonds is 5. The van der Waals surface area contributed by atoms with Gasteiger partial charge in [0, 0.05) is 29.7 Å². The van der Waals surface area contributed by atoms with Crippen LogP contribution in [-0.4, -0.2) is 34.8 Å². The Morgan fingerprint density at radius 3 is 2.41 bits per heavy atom. The minimum absolute atomic E-state index is 0.00871. The number of ether oxygens (including phenoxy) is 1. The molecule has 1 saturated heterocycles. The molecule has 0 atom stereocenters. The molecule has 0 bridgehead atoms. The lowest BCUT2D eigenvalue weighted by atomic mass is 10.1. The molecule has 27 heavy (non-hydrogen) atoms. The van der Waals surface area contributed by atoms with Gasteiger partial charge in [0.15, 0.2) is 0 Å². The molecular weight excluding hydrogens is 372 g/mol. The molecule has 0 spiro atoms. The monoisotopic (exact) mass is 388 g/mol. The van der Waals surface area contributed by atoms with Crippen molar-refractivity contribution in [2.24, 2.45) is 0 Å². The van der Waals surface area contributed by atoms with Gasteiger partial charge in [0.05, 0.1) is 4.92 Å². The van der Waals surface area contributed by atoms with Crippen LogP contribution < -0.4 is 0 Å². The van der Waals surface area contributed by atoms with Gasteiger partial charge in [0.25, 0.3) is 11.6 Å². The summed E-state index contributed by atoms with van der Waals surface area (Å²) >= 11 is 5.82. The van der Waals surface area contributed by atoms with Gasteiger partial charge in [-0.05, 0) is 42.7 Å². The molecule has 0 saturated carbocycles. The summed E-state index contributed by atoms with van der Waals surface area (Å²) in [6.07, 6.45) is 2.05. The zero-order chi connectivity index (χ0) is 19.4. The lowest BCUT2D eigenvalue weighted by molar-refractivity contribution is -0.385. The zero-order valence-corrected chi connectivity index (χ0v) is 15.1. The Labute approximate surface area is 160 Å². The fraction of sp³-hybridized carbons (Fsp3) is 0.263. The molecule has 3 rings (SSSR count). The molecule has 0 radical (unpaired) electrons. The van der Waals surface area contributed by atoms with Crippen molar-refractivity contribution in [3.63, 3.8) is 0 Å². The molecular formula is C19H17ClN2O5. The number of nitrogens with zero attached hydrogens (tertiary/aromatic N) is 2. The van der Waals surface area contributed by atoms with Gasteiger partial charge >= 0.3 is 5.97 Å². The highest BCUT2D eigenvalue weighted by Gasteiger charge is 2.22. The molecule has 0 aromatic heterocycles. The predicted octanol–water partition coefficient (Wildman–Crippen LogP) is 3.84. The number of halogens is 1. The summed E-state index contributed by atoms with van der Waals surface area (Å²) < 4.78 is 5.16. The minimum atomic E-state index is -0.832. The molecule has 1 amide bonds. The first-order valence-electron chi connectivity index (χ1n) is 8.45. The van der Waals surface area contributed by atoms with E-state index < -0.39 is 10.9 Å². The van der Waals surface area contributed by atoms with E-state index in [1.54, 1.807) is 24.3 Å². The molecule has 7 nitrogen and oxygen atoms in total. The first kappa shape index (κ1) is 18.8. The van der Waals surface area contributed by atoms with E-state index in [1.807, 2.05) is 4.90 Å². The smallest absolute Gasteiger partial charge is 0.345 e. The Bertz CT molecular complexity index is 876. The standard InChI is InChI=1S/C19H17ClN2O5/c20-15-7-8-17(22(25)26)16(11-15)19(24)27-12-13-3-5-14(6-4-13)18(23)21-9-1-2-10-21/h3-8,11H,1-2,9-10,12H2. The quantitative estimate of drug-likeness (QED) is 0.441. The Morgan fingerprint density at radius 1 is 1.11 bits per heavy atom. The maximum Gasteiger partial charge on any atom is 0.345 e. The van der Waals surface area contributed by atoms with E-state index in [0.717, 1.165) is 32.0 Å². The van der Waals surface area contributed by atoms with E-state index in [1.165, 1.54) is 12.1 Å². The van der Waals surface area contributed by atoms with Crippen molar-refractivity contribution in [1.29, 1.82) is 0 Å².